The molecule has 18 heavy (non-hydrogen) atoms. The van der Waals surface area contributed by atoms with Gasteiger partial charge in [0.2, 0.25) is 0 Å². The summed E-state index contributed by atoms with van der Waals surface area (Å²) in [4.78, 5) is 3.49. The number of hydrogen-bond donors (Lipinski definition) is 1. The molecule has 0 spiro atoms. The van der Waals surface area contributed by atoms with Gasteiger partial charge in [0.1, 0.15) is 0 Å². The fraction of sp³-hybridized carbons (Fsp3) is 0.294. The van der Waals surface area contributed by atoms with Gasteiger partial charge in [0.25, 0.3) is 0 Å². The molecule has 0 aliphatic heterocycles. The normalized spacial score (nSPS) is 11.4. The van der Waals surface area contributed by atoms with Crippen LogP contribution in [0.15, 0.2) is 36.4 Å². The summed E-state index contributed by atoms with van der Waals surface area (Å²) < 4.78 is 0. The molecule has 0 atom stereocenters. The highest BCUT2D eigenvalue weighted by molar-refractivity contribution is 6.07. The number of aromatic nitrogens is 1. The van der Waals surface area contributed by atoms with E-state index in [-0.39, 0.29) is 0 Å². The van der Waals surface area contributed by atoms with E-state index in [4.69, 9.17) is 0 Å². The average molecular weight is 237 g/mol. The van der Waals surface area contributed by atoms with E-state index in [1.54, 1.807) is 0 Å². The number of hydrogen-bond acceptors (Lipinski definition) is 0. The second-order valence-electron chi connectivity index (χ2n) is 5.16. The van der Waals surface area contributed by atoms with Gasteiger partial charge in [-0.3, -0.25) is 0 Å². The smallest absolute Gasteiger partial charge is 0.0465 e. The number of benzene rings is 2. The SMILES string of the molecule is CCCCc1ccc2[nH]c3ccc(C)cc3c2c1. The van der Waals surface area contributed by atoms with E-state index in [0.29, 0.717) is 0 Å². The summed E-state index contributed by atoms with van der Waals surface area (Å²) in [5.41, 5.74) is 5.26. The van der Waals surface area contributed by atoms with E-state index in [1.807, 2.05) is 0 Å². The van der Waals surface area contributed by atoms with Gasteiger partial charge in [-0.05, 0) is 49.6 Å². The molecule has 2 aromatic carbocycles. The van der Waals surface area contributed by atoms with Crippen LogP contribution in [-0.2, 0) is 6.42 Å². The van der Waals surface area contributed by atoms with E-state index < -0.39 is 0 Å². The third kappa shape index (κ3) is 1.90. The third-order valence-electron chi connectivity index (χ3n) is 3.64. The molecule has 0 radical (unpaired) electrons. The van der Waals surface area contributed by atoms with E-state index in [9.17, 15) is 0 Å². The Labute approximate surface area is 108 Å². The number of nitrogens with one attached hydrogen (secondary N) is 1. The molecule has 1 nitrogen and oxygen atoms in total. The van der Waals surface area contributed by atoms with Crippen molar-refractivity contribution >= 4 is 21.8 Å². The van der Waals surface area contributed by atoms with Crippen molar-refractivity contribution in [2.75, 3.05) is 0 Å². The predicted octanol–water partition coefficient (Wildman–Crippen LogP) is 4.97. The zero-order valence-electron chi connectivity index (χ0n) is 11.1. The summed E-state index contributed by atoms with van der Waals surface area (Å²) in [5, 5.41) is 2.71. The zero-order chi connectivity index (χ0) is 12.5. The summed E-state index contributed by atoms with van der Waals surface area (Å²) in [5.74, 6) is 0. The highest BCUT2D eigenvalue weighted by Gasteiger charge is 2.05. The van der Waals surface area contributed by atoms with E-state index in [1.165, 1.54) is 52.2 Å². The molecule has 0 saturated heterocycles. The van der Waals surface area contributed by atoms with Gasteiger partial charge < -0.3 is 4.98 Å². The summed E-state index contributed by atoms with van der Waals surface area (Å²) >= 11 is 0. The molecule has 0 aliphatic carbocycles. The molecule has 92 valence electrons. The van der Waals surface area contributed by atoms with Crippen molar-refractivity contribution in [1.29, 1.82) is 0 Å². The van der Waals surface area contributed by atoms with Crippen molar-refractivity contribution in [3.8, 4) is 0 Å². The van der Waals surface area contributed by atoms with Crippen LogP contribution in [0.3, 0.4) is 0 Å². The number of aryl methyl sites for hydroxylation is 2. The van der Waals surface area contributed by atoms with Gasteiger partial charge in [-0.2, -0.15) is 0 Å². The maximum Gasteiger partial charge on any atom is 0.0465 e. The quantitative estimate of drug-likeness (QED) is 0.661. The van der Waals surface area contributed by atoms with Gasteiger partial charge in [-0.25, -0.2) is 0 Å². The minimum absolute atomic E-state index is 1.19. The first kappa shape index (κ1) is 11.3. The van der Waals surface area contributed by atoms with Gasteiger partial charge in [0.05, 0.1) is 0 Å². The first-order chi connectivity index (χ1) is 8.78. The largest absolute Gasteiger partial charge is 0.355 e. The van der Waals surface area contributed by atoms with Crippen LogP contribution >= 0.6 is 0 Å². The number of aromatic amines is 1. The van der Waals surface area contributed by atoms with Crippen molar-refractivity contribution < 1.29 is 0 Å². The summed E-state index contributed by atoms with van der Waals surface area (Å²) in [6.45, 7) is 4.40. The highest BCUT2D eigenvalue weighted by Crippen LogP contribution is 2.27. The Morgan fingerprint density at radius 2 is 1.67 bits per heavy atom. The van der Waals surface area contributed by atoms with Crippen LogP contribution in [0.2, 0.25) is 0 Å². The molecule has 0 amide bonds. The van der Waals surface area contributed by atoms with Crippen LogP contribution in [0, 0.1) is 6.92 Å². The standard InChI is InChI=1S/C17H19N/c1-3-4-5-13-7-9-17-15(11-13)14-10-12(2)6-8-16(14)18-17/h6-11,18H,3-5H2,1-2H3. The lowest BCUT2D eigenvalue weighted by molar-refractivity contribution is 0.796. The van der Waals surface area contributed by atoms with Crippen molar-refractivity contribution in [1.82, 2.24) is 4.98 Å². The predicted molar refractivity (Wildman–Crippen MR) is 79.2 cm³/mol. The average Bonchev–Trinajstić information content (AvgIpc) is 2.74. The lowest BCUT2D eigenvalue weighted by Crippen LogP contribution is -1.83. The Hall–Kier alpha value is -1.76. The molecule has 0 aliphatic rings. The summed E-state index contributed by atoms with van der Waals surface area (Å²) in [6, 6.07) is 13.4. The van der Waals surface area contributed by atoms with E-state index >= 15 is 0 Å². The van der Waals surface area contributed by atoms with Gasteiger partial charge in [0.15, 0.2) is 0 Å². The summed E-state index contributed by atoms with van der Waals surface area (Å²) in [6.07, 6.45) is 3.71. The van der Waals surface area contributed by atoms with Gasteiger partial charge in [0, 0.05) is 21.8 Å². The molecule has 3 rings (SSSR count). The van der Waals surface area contributed by atoms with Crippen molar-refractivity contribution in [3.05, 3.63) is 47.5 Å². The number of H-pyrrole nitrogens is 1. The molecule has 0 saturated carbocycles. The fourth-order valence-corrected chi connectivity index (χ4v) is 2.59. The van der Waals surface area contributed by atoms with E-state index in [0.717, 1.165) is 0 Å². The maximum absolute atomic E-state index is 3.49. The van der Waals surface area contributed by atoms with Crippen LogP contribution in [0.5, 0.6) is 0 Å². The lowest BCUT2D eigenvalue weighted by atomic mass is 10.0. The maximum atomic E-state index is 3.49. The molecular formula is C17H19N. The third-order valence-corrected chi connectivity index (χ3v) is 3.64. The molecular weight excluding hydrogens is 218 g/mol. The van der Waals surface area contributed by atoms with Crippen molar-refractivity contribution in [3.63, 3.8) is 0 Å². The molecule has 1 heteroatoms. The first-order valence-electron chi connectivity index (χ1n) is 6.79. The van der Waals surface area contributed by atoms with Crippen LogP contribution in [0.1, 0.15) is 30.9 Å². The lowest BCUT2D eigenvalue weighted by Gasteiger charge is -2.00. The van der Waals surface area contributed by atoms with Crippen LogP contribution in [0.4, 0.5) is 0 Å². The van der Waals surface area contributed by atoms with Crippen LogP contribution < -0.4 is 0 Å². The first-order valence-corrected chi connectivity index (χ1v) is 6.79. The van der Waals surface area contributed by atoms with Crippen LogP contribution in [-0.4, -0.2) is 4.98 Å². The Morgan fingerprint density at radius 1 is 0.944 bits per heavy atom. The second kappa shape index (κ2) is 4.49. The van der Waals surface area contributed by atoms with Crippen molar-refractivity contribution in [2.45, 2.75) is 33.1 Å². The van der Waals surface area contributed by atoms with E-state index in [2.05, 4.69) is 55.2 Å². The Balaban J connectivity index is 2.18. The van der Waals surface area contributed by atoms with Gasteiger partial charge in [-0.15, -0.1) is 0 Å². The molecule has 0 unspecified atom stereocenters. The molecule has 0 bridgehead atoms. The Morgan fingerprint density at radius 3 is 2.44 bits per heavy atom. The Kier molecular flexibility index (Phi) is 2.83. The van der Waals surface area contributed by atoms with Crippen molar-refractivity contribution in [2.24, 2.45) is 0 Å². The monoisotopic (exact) mass is 237 g/mol. The fourth-order valence-electron chi connectivity index (χ4n) is 2.59. The minimum Gasteiger partial charge on any atom is -0.355 e. The number of fused-ring (bicyclic) bond motifs is 3. The van der Waals surface area contributed by atoms with Gasteiger partial charge >= 0.3 is 0 Å². The van der Waals surface area contributed by atoms with Gasteiger partial charge in [-0.1, -0.05) is 31.0 Å². The Bertz CT molecular complexity index is 691. The number of rotatable bonds is 3. The topological polar surface area (TPSA) is 15.8 Å². The summed E-state index contributed by atoms with van der Waals surface area (Å²) in [7, 11) is 0. The molecule has 3 aromatic rings. The number of unbranched alkanes of at least 4 members (excludes halogenated alkanes) is 1. The molecule has 1 N–H and O–H groups in total. The second-order valence-corrected chi connectivity index (χ2v) is 5.16. The molecule has 1 aromatic heterocycles. The molecule has 0 fully saturated rings. The molecule has 1 heterocycles. The zero-order valence-corrected chi connectivity index (χ0v) is 11.1. The highest BCUT2D eigenvalue weighted by atomic mass is 14.7. The minimum atomic E-state index is 1.19. The van der Waals surface area contributed by atoms with Crippen LogP contribution in [0.25, 0.3) is 21.8 Å².